The van der Waals surface area contributed by atoms with Gasteiger partial charge in [-0.15, -0.1) is 0 Å². The first-order valence-electron chi connectivity index (χ1n) is 7.99. The fourth-order valence-corrected chi connectivity index (χ4v) is 2.32. The van der Waals surface area contributed by atoms with Crippen LogP contribution in [0.2, 0.25) is 0 Å². The van der Waals surface area contributed by atoms with Gasteiger partial charge >= 0.3 is 0 Å². The predicted molar refractivity (Wildman–Crippen MR) is 88.7 cm³/mol. The topological polar surface area (TPSA) is 24.5 Å². The van der Waals surface area contributed by atoms with Crippen molar-refractivity contribution in [3.8, 4) is 5.75 Å². The summed E-state index contributed by atoms with van der Waals surface area (Å²) in [5.41, 5.74) is 2.50. The van der Waals surface area contributed by atoms with Gasteiger partial charge < -0.3 is 10.1 Å². The van der Waals surface area contributed by atoms with Crippen molar-refractivity contribution < 1.29 is 4.74 Å². The molecule has 0 atom stereocenters. The van der Waals surface area contributed by atoms with Crippen molar-refractivity contribution in [2.75, 3.05) is 26.2 Å². The molecule has 1 aliphatic carbocycles. The molecule has 0 unspecified atom stereocenters. The summed E-state index contributed by atoms with van der Waals surface area (Å²) in [5.74, 6) is 0.969. The number of rotatable bonds is 10. The van der Waals surface area contributed by atoms with Crippen LogP contribution in [-0.4, -0.2) is 37.2 Å². The molecule has 0 aromatic heterocycles. The van der Waals surface area contributed by atoms with Crippen LogP contribution >= 0.6 is 0 Å². The first-order valence-corrected chi connectivity index (χ1v) is 7.99. The molecule has 116 valence electrons. The Morgan fingerprint density at radius 2 is 2.24 bits per heavy atom. The van der Waals surface area contributed by atoms with Crippen LogP contribution in [0.25, 0.3) is 0 Å². The Balaban J connectivity index is 1.73. The van der Waals surface area contributed by atoms with Crippen LogP contribution in [0.3, 0.4) is 0 Å². The lowest BCUT2D eigenvalue weighted by Crippen LogP contribution is -2.29. The number of hydrogen-bond donors (Lipinski definition) is 1. The van der Waals surface area contributed by atoms with Gasteiger partial charge in [0.15, 0.2) is 0 Å². The van der Waals surface area contributed by atoms with E-state index in [2.05, 4.69) is 48.8 Å². The summed E-state index contributed by atoms with van der Waals surface area (Å²) >= 11 is 0. The molecule has 0 heterocycles. The summed E-state index contributed by atoms with van der Waals surface area (Å²) in [5, 5.41) is 3.53. The van der Waals surface area contributed by atoms with Gasteiger partial charge in [-0.1, -0.05) is 31.2 Å². The van der Waals surface area contributed by atoms with Crippen LogP contribution in [0.4, 0.5) is 0 Å². The standard InChI is InChI=1S/C18H28N2O/c1-4-20(14-15(2)3)10-11-21-18-7-5-6-16(12-18)13-19-17-8-9-17/h5-7,12,17,19H,2,4,8-11,13-14H2,1,3H3. The average molecular weight is 288 g/mol. The van der Waals surface area contributed by atoms with Crippen molar-refractivity contribution in [2.45, 2.75) is 39.3 Å². The van der Waals surface area contributed by atoms with Gasteiger partial charge in [0.2, 0.25) is 0 Å². The Morgan fingerprint density at radius 1 is 1.43 bits per heavy atom. The molecular weight excluding hydrogens is 260 g/mol. The highest BCUT2D eigenvalue weighted by Crippen LogP contribution is 2.20. The SMILES string of the molecule is C=C(C)CN(CC)CCOc1cccc(CNC2CC2)c1. The molecule has 1 aromatic carbocycles. The zero-order valence-electron chi connectivity index (χ0n) is 13.4. The molecule has 0 bridgehead atoms. The van der Waals surface area contributed by atoms with Crippen molar-refractivity contribution in [1.82, 2.24) is 10.2 Å². The maximum Gasteiger partial charge on any atom is 0.119 e. The van der Waals surface area contributed by atoms with E-state index < -0.39 is 0 Å². The largest absolute Gasteiger partial charge is 0.492 e. The minimum Gasteiger partial charge on any atom is -0.492 e. The number of nitrogens with one attached hydrogen (secondary N) is 1. The van der Waals surface area contributed by atoms with Crippen molar-refractivity contribution in [3.05, 3.63) is 42.0 Å². The van der Waals surface area contributed by atoms with E-state index in [-0.39, 0.29) is 0 Å². The Hall–Kier alpha value is -1.32. The Morgan fingerprint density at radius 3 is 2.90 bits per heavy atom. The molecule has 1 saturated carbocycles. The highest BCUT2D eigenvalue weighted by atomic mass is 16.5. The normalized spacial score (nSPS) is 14.4. The molecule has 0 amide bonds. The fourth-order valence-electron chi connectivity index (χ4n) is 2.32. The summed E-state index contributed by atoms with van der Waals surface area (Å²) in [6.07, 6.45) is 2.65. The quantitative estimate of drug-likeness (QED) is 0.669. The van der Waals surface area contributed by atoms with Gasteiger partial charge in [0.1, 0.15) is 12.4 Å². The van der Waals surface area contributed by atoms with E-state index in [1.165, 1.54) is 24.0 Å². The molecule has 1 fully saturated rings. The fraction of sp³-hybridized carbons (Fsp3) is 0.556. The number of likely N-dealkylation sites (N-methyl/N-ethyl adjacent to an activating group) is 1. The van der Waals surface area contributed by atoms with Crippen molar-refractivity contribution in [2.24, 2.45) is 0 Å². The van der Waals surface area contributed by atoms with Crippen molar-refractivity contribution in [3.63, 3.8) is 0 Å². The maximum atomic E-state index is 5.88. The Bertz CT molecular complexity index is 454. The number of benzene rings is 1. The van der Waals surface area contributed by atoms with Gasteiger partial charge in [-0.05, 0) is 44.0 Å². The summed E-state index contributed by atoms with van der Waals surface area (Å²) in [7, 11) is 0. The highest BCUT2D eigenvalue weighted by molar-refractivity contribution is 5.28. The summed E-state index contributed by atoms with van der Waals surface area (Å²) in [4.78, 5) is 2.35. The molecule has 0 aliphatic heterocycles. The second-order valence-corrected chi connectivity index (χ2v) is 5.98. The Kier molecular flexibility index (Phi) is 6.27. The van der Waals surface area contributed by atoms with E-state index in [4.69, 9.17) is 4.74 Å². The third-order valence-corrected chi connectivity index (χ3v) is 3.69. The molecule has 2 rings (SSSR count). The van der Waals surface area contributed by atoms with Crippen LogP contribution in [0.15, 0.2) is 36.4 Å². The van der Waals surface area contributed by atoms with Crippen LogP contribution in [-0.2, 0) is 6.54 Å². The van der Waals surface area contributed by atoms with Crippen LogP contribution in [0, 0.1) is 0 Å². The van der Waals surface area contributed by atoms with Gasteiger partial charge in [-0.3, -0.25) is 4.90 Å². The lowest BCUT2D eigenvalue weighted by atomic mass is 10.2. The summed E-state index contributed by atoms with van der Waals surface area (Å²) < 4.78 is 5.88. The van der Waals surface area contributed by atoms with E-state index in [9.17, 15) is 0 Å². The first-order chi connectivity index (χ1) is 10.2. The number of ether oxygens (including phenoxy) is 1. The smallest absolute Gasteiger partial charge is 0.119 e. The summed E-state index contributed by atoms with van der Waals surface area (Å²) in [6, 6.07) is 9.15. The molecule has 1 aliphatic rings. The maximum absolute atomic E-state index is 5.88. The number of nitrogens with zero attached hydrogens (tertiary/aromatic N) is 1. The predicted octanol–water partition coefficient (Wildman–Crippen LogP) is 3.22. The average Bonchev–Trinajstić information content (AvgIpc) is 3.28. The second-order valence-electron chi connectivity index (χ2n) is 5.98. The molecule has 3 heteroatoms. The van der Waals surface area contributed by atoms with E-state index in [1.807, 2.05) is 6.07 Å². The zero-order chi connectivity index (χ0) is 15.1. The third-order valence-electron chi connectivity index (χ3n) is 3.69. The lowest BCUT2D eigenvalue weighted by Gasteiger charge is -2.20. The molecule has 0 radical (unpaired) electrons. The van der Waals surface area contributed by atoms with Gasteiger partial charge in [0, 0.05) is 25.7 Å². The monoisotopic (exact) mass is 288 g/mol. The third kappa shape index (κ3) is 6.32. The first kappa shape index (κ1) is 16.1. The van der Waals surface area contributed by atoms with E-state index in [0.717, 1.165) is 44.6 Å². The van der Waals surface area contributed by atoms with Gasteiger partial charge in [-0.2, -0.15) is 0 Å². The molecular formula is C18H28N2O. The molecule has 21 heavy (non-hydrogen) atoms. The van der Waals surface area contributed by atoms with Gasteiger partial charge in [-0.25, -0.2) is 0 Å². The van der Waals surface area contributed by atoms with E-state index >= 15 is 0 Å². The summed E-state index contributed by atoms with van der Waals surface area (Å²) in [6.45, 7) is 12.8. The second kappa shape index (κ2) is 8.20. The van der Waals surface area contributed by atoms with Gasteiger partial charge in [0.05, 0.1) is 0 Å². The van der Waals surface area contributed by atoms with Crippen LogP contribution in [0.1, 0.15) is 32.3 Å². The minimum atomic E-state index is 0.723. The zero-order valence-corrected chi connectivity index (χ0v) is 13.4. The van der Waals surface area contributed by atoms with Gasteiger partial charge in [0.25, 0.3) is 0 Å². The Labute approximate surface area is 129 Å². The highest BCUT2D eigenvalue weighted by Gasteiger charge is 2.19. The van der Waals surface area contributed by atoms with E-state index in [0.29, 0.717) is 0 Å². The molecule has 3 nitrogen and oxygen atoms in total. The van der Waals surface area contributed by atoms with E-state index in [1.54, 1.807) is 0 Å². The lowest BCUT2D eigenvalue weighted by molar-refractivity contribution is 0.227. The molecule has 1 aromatic rings. The minimum absolute atomic E-state index is 0.723. The molecule has 1 N–H and O–H groups in total. The van der Waals surface area contributed by atoms with Crippen LogP contribution < -0.4 is 10.1 Å². The molecule has 0 saturated heterocycles. The van der Waals surface area contributed by atoms with Crippen LogP contribution in [0.5, 0.6) is 5.75 Å². The number of hydrogen-bond acceptors (Lipinski definition) is 3. The van der Waals surface area contributed by atoms with Crippen molar-refractivity contribution >= 4 is 0 Å². The molecule has 0 spiro atoms. The van der Waals surface area contributed by atoms with Crippen molar-refractivity contribution in [1.29, 1.82) is 0 Å².